The molecule has 0 aliphatic heterocycles. The van der Waals surface area contributed by atoms with Crippen LogP contribution in [0.1, 0.15) is 10.4 Å². The van der Waals surface area contributed by atoms with Gasteiger partial charge in [-0.1, -0.05) is 24.3 Å². The van der Waals surface area contributed by atoms with Crippen LogP contribution in [0.4, 0.5) is 5.69 Å². The van der Waals surface area contributed by atoms with Gasteiger partial charge in [0.25, 0.3) is 5.69 Å². The Morgan fingerprint density at radius 3 is 2.39 bits per heavy atom. The molecule has 0 aliphatic rings. The van der Waals surface area contributed by atoms with Crippen LogP contribution in [0.3, 0.4) is 0 Å². The lowest BCUT2D eigenvalue weighted by molar-refractivity contribution is -0.387. The predicted molar refractivity (Wildman–Crippen MR) is 80.5 cm³/mol. The van der Waals surface area contributed by atoms with Crippen LogP contribution < -0.4 is 4.18 Å². The predicted octanol–water partition coefficient (Wildman–Crippen LogP) is 2.19. The van der Waals surface area contributed by atoms with E-state index in [2.05, 4.69) is 0 Å². The van der Waals surface area contributed by atoms with Gasteiger partial charge in [0.05, 0.1) is 16.7 Å². The minimum Gasteiger partial charge on any atom is -0.378 e. The SMILES string of the molecule is N=CC(=O)c1ccccc1OS(=O)(=O)c1ccccc1[N+](=O)[O-]. The second kappa shape index (κ2) is 6.36. The highest BCUT2D eigenvalue weighted by molar-refractivity contribution is 7.87. The zero-order valence-corrected chi connectivity index (χ0v) is 12.3. The third kappa shape index (κ3) is 3.40. The van der Waals surface area contributed by atoms with Gasteiger partial charge in [0.15, 0.2) is 10.6 Å². The van der Waals surface area contributed by atoms with Crippen molar-refractivity contribution in [2.24, 2.45) is 0 Å². The Balaban J connectivity index is 2.51. The third-order valence-corrected chi connectivity index (χ3v) is 4.10. The Labute approximate surface area is 131 Å². The highest BCUT2D eigenvalue weighted by Gasteiger charge is 2.28. The summed E-state index contributed by atoms with van der Waals surface area (Å²) >= 11 is 0. The van der Waals surface area contributed by atoms with Crippen molar-refractivity contribution < 1.29 is 22.3 Å². The average Bonchev–Trinajstić information content (AvgIpc) is 2.54. The molecule has 0 radical (unpaired) electrons. The van der Waals surface area contributed by atoms with Crippen molar-refractivity contribution in [1.29, 1.82) is 5.41 Å². The molecule has 0 amide bonds. The molecular weight excluding hydrogens is 324 g/mol. The Morgan fingerprint density at radius 1 is 1.13 bits per heavy atom. The molecule has 0 fully saturated rings. The second-order valence-corrected chi connectivity index (χ2v) is 5.78. The van der Waals surface area contributed by atoms with E-state index in [-0.39, 0.29) is 11.3 Å². The first-order valence-electron chi connectivity index (χ1n) is 6.18. The van der Waals surface area contributed by atoms with Crippen LogP contribution in [0, 0.1) is 15.5 Å². The molecule has 2 aromatic carbocycles. The van der Waals surface area contributed by atoms with E-state index >= 15 is 0 Å². The molecule has 0 spiro atoms. The first-order valence-corrected chi connectivity index (χ1v) is 7.59. The van der Waals surface area contributed by atoms with Crippen LogP contribution in [0.2, 0.25) is 0 Å². The quantitative estimate of drug-likeness (QED) is 0.283. The molecule has 0 heterocycles. The zero-order valence-electron chi connectivity index (χ0n) is 11.5. The van der Waals surface area contributed by atoms with Gasteiger partial charge in [0, 0.05) is 6.07 Å². The number of para-hydroxylation sites is 2. The van der Waals surface area contributed by atoms with Crippen molar-refractivity contribution in [1.82, 2.24) is 0 Å². The molecule has 0 unspecified atom stereocenters. The van der Waals surface area contributed by atoms with Gasteiger partial charge in [0.2, 0.25) is 5.78 Å². The van der Waals surface area contributed by atoms with Gasteiger partial charge in [-0.2, -0.15) is 8.42 Å². The number of hydrogen-bond donors (Lipinski definition) is 1. The van der Waals surface area contributed by atoms with Gasteiger partial charge in [-0.15, -0.1) is 0 Å². The van der Waals surface area contributed by atoms with Gasteiger partial charge < -0.3 is 9.59 Å². The molecule has 9 heteroatoms. The average molecular weight is 334 g/mol. The monoisotopic (exact) mass is 334 g/mol. The van der Waals surface area contributed by atoms with E-state index in [1.807, 2.05) is 0 Å². The molecule has 2 aromatic rings. The summed E-state index contributed by atoms with van der Waals surface area (Å²) in [5.41, 5.74) is -0.770. The normalized spacial score (nSPS) is 10.8. The van der Waals surface area contributed by atoms with E-state index in [4.69, 9.17) is 9.59 Å². The minimum atomic E-state index is -4.52. The lowest BCUT2D eigenvalue weighted by atomic mass is 10.1. The smallest absolute Gasteiger partial charge is 0.346 e. The number of benzene rings is 2. The topological polar surface area (TPSA) is 127 Å². The molecule has 118 valence electrons. The number of Topliss-reactive ketones (excluding diaryl/α,β-unsaturated/α-hetero) is 1. The van der Waals surface area contributed by atoms with Crippen LogP contribution in [0.15, 0.2) is 53.4 Å². The number of hydrogen-bond acceptors (Lipinski definition) is 7. The molecule has 0 atom stereocenters. The molecule has 23 heavy (non-hydrogen) atoms. The van der Waals surface area contributed by atoms with Gasteiger partial charge in [-0.25, -0.2) is 0 Å². The van der Waals surface area contributed by atoms with E-state index < -0.39 is 31.4 Å². The number of nitro benzene ring substituents is 1. The van der Waals surface area contributed by atoms with Crippen LogP contribution in [-0.4, -0.2) is 25.3 Å². The van der Waals surface area contributed by atoms with E-state index in [1.54, 1.807) is 0 Å². The van der Waals surface area contributed by atoms with Crippen LogP contribution in [-0.2, 0) is 10.1 Å². The minimum absolute atomic E-state index is 0.135. The summed E-state index contributed by atoms with van der Waals surface area (Å²) in [4.78, 5) is 21.1. The maximum atomic E-state index is 12.3. The van der Waals surface area contributed by atoms with Crippen molar-refractivity contribution in [3.63, 3.8) is 0 Å². The van der Waals surface area contributed by atoms with E-state index in [9.17, 15) is 23.3 Å². The van der Waals surface area contributed by atoms with Crippen molar-refractivity contribution in [3.05, 3.63) is 64.2 Å². The maximum Gasteiger partial charge on any atom is 0.346 e. The van der Waals surface area contributed by atoms with Gasteiger partial charge in [0.1, 0.15) is 0 Å². The molecule has 1 N–H and O–H groups in total. The summed E-state index contributed by atoms with van der Waals surface area (Å²) in [6.45, 7) is 0. The molecule has 0 aromatic heterocycles. The van der Waals surface area contributed by atoms with Crippen molar-refractivity contribution in [2.75, 3.05) is 0 Å². The molecule has 0 aliphatic carbocycles. The number of nitrogens with zero attached hydrogens (tertiary/aromatic N) is 1. The Morgan fingerprint density at radius 2 is 1.74 bits per heavy atom. The molecule has 0 saturated heterocycles. The highest BCUT2D eigenvalue weighted by Crippen LogP contribution is 2.28. The van der Waals surface area contributed by atoms with Gasteiger partial charge >= 0.3 is 10.1 Å². The van der Waals surface area contributed by atoms with Gasteiger partial charge in [-0.05, 0) is 18.2 Å². The maximum absolute atomic E-state index is 12.3. The lowest BCUT2D eigenvalue weighted by Crippen LogP contribution is -2.14. The van der Waals surface area contributed by atoms with E-state index in [0.717, 1.165) is 12.1 Å². The number of carbonyl (C=O) groups excluding carboxylic acids is 1. The number of nitro groups is 1. The molecule has 0 saturated carbocycles. The summed E-state index contributed by atoms with van der Waals surface area (Å²) in [5.74, 6) is -1.06. The molecule has 8 nitrogen and oxygen atoms in total. The molecule has 0 bridgehead atoms. The van der Waals surface area contributed by atoms with Crippen LogP contribution >= 0.6 is 0 Å². The lowest BCUT2D eigenvalue weighted by Gasteiger charge is -2.09. The Bertz CT molecular complexity index is 892. The first kappa shape index (κ1) is 16.3. The Kier molecular flexibility index (Phi) is 4.51. The van der Waals surface area contributed by atoms with E-state index in [1.165, 1.54) is 36.4 Å². The van der Waals surface area contributed by atoms with Crippen molar-refractivity contribution in [2.45, 2.75) is 4.90 Å². The summed E-state index contributed by atoms with van der Waals surface area (Å²) in [5, 5.41) is 17.9. The fraction of sp³-hybridized carbons (Fsp3) is 0. The third-order valence-electron chi connectivity index (χ3n) is 2.81. The number of ketones is 1. The van der Waals surface area contributed by atoms with Crippen LogP contribution in [0.5, 0.6) is 5.75 Å². The van der Waals surface area contributed by atoms with Crippen LogP contribution in [0.25, 0.3) is 0 Å². The summed E-state index contributed by atoms with van der Waals surface area (Å²) < 4.78 is 29.5. The zero-order chi connectivity index (χ0) is 17.0. The number of carbonyl (C=O) groups is 1. The fourth-order valence-electron chi connectivity index (χ4n) is 1.80. The second-order valence-electron chi connectivity index (χ2n) is 4.27. The molecule has 2 rings (SSSR count). The summed E-state index contributed by atoms with van der Waals surface area (Å²) in [6, 6.07) is 10.1. The largest absolute Gasteiger partial charge is 0.378 e. The molecular formula is C14H10N2O6S. The summed E-state index contributed by atoms with van der Waals surface area (Å²) in [7, 11) is -4.52. The van der Waals surface area contributed by atoms with Crippen molar-refractivity contribution in [3.8, 4) is 5.75 Å². The fourth-order valence-corrected chi connectivity index (χ4v) is 2.92. The first-order chi connectivity index (χ1) is 10.9. The number of nitrogens with one attached hydrogen (secondary N) is 1. The summed E-state index contributed by atoms with van der Waals surface area (Å²) in [6.07, 6.45) is 0.514. The Hall–Kier alpha value is -3.07. The van der Waals surface area contributed by atoms with Gasteiger partial charge in [-0.3, -0.25) is 14.9 Å². The standard InChI is InChI=1S/C14H10N2O6S/c15-9-12(17)10-5-1-3-7-13(10)22-23(20,21)14-8-4-2-6-11(14)16(18)19/h1-9,15H. The van der Waals surface area contributed by atoms with Crippen molar-refractivity contribution >= 4 is 27.8 Å². The number of rotatable bonds is 6. The van der Waals surface area contributed by atoms with E-state index in [0.29, 0.717) is 6.21 Å². The highest BCUT2D eigenvalue weighted by atomic mass is 32.2.